The summed E-state index contributed by atoms with van der Waals surface area (Å²) < 4.78 is 1.58. The van der Waals surface area contributed by atoms with Gasteiger partial charge in [0.15, 0.2) is 5.82 Å². The van der Waals surface area contributed by atoms with Crippen LogP contribution in [0, 0.1) is 5.92 Å². The number of nitrogens with one attached hydrogen (secondary N) is 2. The second kappa shape index (κ2) is 11.0. The zero-order chi connectivity index (χ0) is 26.7. The molecule has 1 saturated heterocycles. The molecule has 1 fully saturated rings. The van der Waals surface area contributed by atoms with Gasteiger partial charge in [-0.05, 0) is 48.2 Å². The van der Waals surface area contributed by atoms with Crippen molar-refractivity contribution in [1.82, 2.24) is 25.0 Å². The van der Waals surface area contributed by atoms with Gasteiger partial charge in [-0.1, -0.05) is 30.7 Å². The molecule has 2 N–H and O–H groups in total. The Kier molecular flexibility index (Phi) is 7.77. The van der Waals surface area contributed by atoms with E-state index in [0.717, 1.165) is 16.0 Å². The van der Waals surface area contributed by atoms with Gasteiger partial charge < -0.3 is 10.6 Å². The lowest BCUT2D eigenvalue weighted by Gasteiger charge is -2.45. The van der Waals surface area contributed by atoms with E-state index in [1.165, 1.54) is 4.90 Å². The predicted molar refractivity (Wildman–Crippen MR) is 141 cm³/mol. The molecular formula is C26H30ClN7O3. The lowest BCUT2D eigenvalue weighted by Crippen LogP contribution is -2.70. The molecule has 2 aromatic heterocycles. The third kappa shape index (κ3) is 5.43. The number of anilines is 2. The lowest BCUT2D eigenvalue weighted by atomic mass is 9.81. The molecule has 0 aliphatic carbocycles. The molecule has 3 heterocycles. The van der Waals surface area contributed by atoms with Crippen LogP contribution in [0.5, 0.6) is 0 Å². The summed E-state index contributed by atoms with van der Waals surface area (Å²) in [7, 11) is 5.10. The number of β-lactam (4-membered cyclic amide) rings is 1. The van der Waals surface area contributed by atoms with E-state index in [2.05, 4.69) is 20.7 Å². The number of benzene rings is 1. The molecule has 3 aromatic rings. The average Bonchev–Trinajstić information content (AvgIpc) is 3.34. The molecule has 0 spiro atoms. The number of aryl methyl sites for hydroxylation is 1. The van der Waals surface area contributed by atoms with Gasteiger partial charge >= 0.3 is 6.03 Å². The number of aromatic nitrogens is 3. The van der Waals surface area contributed by atoms with Crippen LogP contribution < -0.4 is 15.5 Å². The van der Waals surface area contributed by atoms with E-state index in [0.29, 0.717) is 23.1 Å². The third-order valence-electron chi connectivity index (χ3n) is 6.55. The molecule has 1 aromatic carbocycles. The van der Waals surface area contributed by atoms with Crippen molar-refractivity contribution in [3.63, 3.8) is 0 Å². The molecule has 10 nitrogen and oxygen atoms in total. The molecule has 0 bridgehead atoms. The maximum absolute atomic E-state index is 13.6. The minimum absolute atomic E-state index is 0.289. The van der Waals surface area contributed by atoms with E-state index in [1.807, 2.05) is 19.1 Å². The van der Waals surface area contributed by atoms with Crippen molar-refractivity contribution < 1.29 is 14.4 Å². The van der Waals surface area contributed by atoms with Crippen LogP contribution in [0.25, 0.3) is 0 Å². The summed E-state index contributed by atoms with van der Waals surface area (Å²) in [5.41, 5.74) is 1.65. The van der Waals surface area contributed by atoms with E-state index >= 15 is 0 Å². The minimum Gasteiger partial charge on any atom is -0.373 e. The molecule has 0 saturated carbocycles. The average molecular weight is 524 g/mol. The van der Waals surface area contributed by atoms with Crippen LogP contribution in [0.4, 0.5) is 16.4 Å². The summed E-state index contributed by atoms with van der Waals surface area (Å²) in [6.45, 7) is 1.92. The van der Waals surface area contributed by atoms with Crippen LogP contribution in [-0.4, -0.2) is 57.6 Å². The van der Waals surface area contributed by atoms with E-state index in [1.54, 1.807) is 68.6 Å². The van der Waals surface area contributed by atoms with E-state index < -0.39 is 29.8 Å². The minimum atomic E-state index is -0.984. The van der Waals surface area contributed by atoms with Crippen LogP contribution in [0.3, 0.4) is 0 Å². The fourth-order valence-electron chi connectivity index (χ4n) is 4.50. The van der Waals surface area contributed by atoms with Crippen molar-refractivity contribution >= 4 is 41.1 Å². The second-order valence-electron chi connectivity index (χ2n) is 8.97. The molecule has 37 heavy (non-hydrogen) atoms. The Morgan fingerprint density at radius 3 is 2.65 bits per heavy atom. The Morgan fingerprint density at radius 2 is 2.00 bits per heavy atom. The first kappa shape index (κ1) is 26.2. The van der Waals surface area contributed by atoms with Crippen LogP contribution in [0.2, 0.25) is 5.02 Å². The third-order valence-corrected chi connectivity index (χ3v) is 6.79. The van der Waals surface area contributed by atoms with E-state index in [-0.39, 0.29) is 12.5 Å². The number of imide groups is 1. The summed E-state index contributed by atoms with van der Waals surface area (Å²) in [6, 6.07) is 10.5. The zero-order valence-electron chi connectivity index (χ0n) is 21.2. The van der Waals surface area contributed by atoms with Gasteiger partial charge in [-0.2, -0.15) is 5.10 Å². The van der Waals surface area contributed by atoms with Crippen LogP contribution in [0.1, 0.15) is 30.5 Å². The standard InChI is InChI=1S/C26H30ClN7O3/c1-5-20(17-7-6-8-18(27)15-17)30-26(37)34-23(25(36)33(4)22-10-12-32(3)31-22)19(24(34)35)13-16-9-11-29-21(14-16)28-2/h6-12,14-15,19-20,23H,5,13H2,1-4H3,(H,28,29)(H,30,37)/t19-,20?,23+/m1/s1. The summed E-state index contributed by atoms with van der Waals surface area (Å²) in [4.78, 5) is 47.0. The lowest BCUT2D eigenvalue weighted by molar-refractivity contribution is -0.156. The number of pyridine rings is 1. The first-order chi connectivity index (χ1) is 17.7. The Balaban J connectivity index is 1.60. The number of hydrogen-bond acceptors (Lipinski definition) is 6. The molecule has 4 rings (SSSR count). The number of nitrogens with zero attached hydrogens (tertiary/aromatic N) is 5. The number of amides is 4. The predicted octanol–water partition coefficient (Wildman–Crippen LogP) is 3.40. The van der Waals surface area contributed by atoms with Gasteiger partial charge in [0.05, 0.1) is 12.0 Å². The van der Waals surface area contributed by atoms with Crippen molar-refractivity contribution in [2.75, 3.05) is 24.3 Å². The SMILES string of the molecule is CCC(NC(=O)N1C(=O)[C@H](Cc2ccnc(NC)c2)[C@H]1C(=O)N(C)c1ccn(C)n1)c1cccc(Cl)c1. The van der Waals surface area contributed by atoms with Gasteiger partial charge in [0.1, 0.15) is 11.9 Å². The number of halogens is 1. The Labute approximate surface area is 220 Å². The Hall–Kier alpha value is -3.92. The summed E-state index contributed by atoms with van der Waals surface area (Å²) in [6.07, 6.45) is 4.23. The quantitative estimate of drug-likeness (QED) is 0.438. The normalized spacial score (nSPS) is 17.6. The van der Waals surface area contributed by atoms with Gasteiger partial charge in [-0.15, -0.1) is 0 Å². The molecule has 3 atom stereocenters. The van der Waals surface area contributed by atoms with Crippen LogP contribution >= 0.6 is 11.6 Å². The van der Waals surface area contributed by atoms with Gasteiger partial charge in [-0.3, -0.25) is 24.1 Å². The highest BCUT2D eigenvalue weighted by Gasteiger charge is 2.55. The number of urea groups is 1. The van der Waals surface area contributed by atoms with Crippen molar-refractivity contribution in [3.05, 3.63) is 71.0 Å². The smallest absolute Gasteiger partial charge is 0.325 e. The molecule has 1 unspecified atom stereocenters. The maximum Gasteiger partial charge on any atom is 0.325 e. The maximum atomic E-state index is 13.6. The summed E-state index contributed by atoms with van der Waals surface area (Å²) in [5, 5.41) is 10.7. The Bertz CT molecular complexity index is 1310. The zero-order valence-corrected chi connectivity index (χ0v) is 21.9. The molecular weight excluding hydrogens is 494 g/mol. The van der Waals surface area contributed by atoms with Crippen molar-refractivity contribution in [1.29, 1.82) is 0 Å². The topological polar surface area (TPSA) is 112 Å². The number of hydrogen-bond donors (Lipinski definition) is 2. The van der Waals surface area contributed by atoms with Gasteiger partial charge in [-0.25, -0.2) is 9.78 Å². The number of rotatable bonds is 8. The fraction of sp³-hybridized carbons (Fsp3) is 0.346. The fourth-order valence-corrected chi connectivity index (χ4v) is 4.70. The van der Waals surface area contributed by atoms with Gasteiger partial charge in [0.25, 0.3) is 5.91 Å². The van der Waals surface area contributed by atoms with Crippen molar-refractivity contribution in [3.8, 4) is 0 Å². The second-order valence-corrected chi connectivity index (χ2v) is 9.41. The highest BCUT2D eigenvalue weighted by molar-refractivity contribution is 6.30. The Morgan fingerprint density at radius 1 is 1.22 bits per heavy atom. The van der Waals surface area contributed by atoms with Gasteiger partial charge in [0.2, 0.25) is 5.91 Å². The first-order valence-corrected chi connectivity index (χ1v) is 12.4. The van der Waals surface area contributed by atoms with Crippen LogP contribution in [0.15, 0.2) is 54.9 Å². The molecule has 4 amide bonds. The highest BCUT2D eigenvalue weighted by atomic mass is 35.5. The number of likely N-dealkylation sites (N-methyl/N-ethyl adjacent to an activating group) is 1. The van der Waals surface area contributed by atoms with Crippen molar-refractivity contribution in [2.45, 2.75) is 31.8 Å². The van der Waals surface area contributed by atoms with E-state index in [4.69, 9.17) is 11.6 Å². The summed E-state index contributed by atoms with van der Waals surface area (Å²) in [5.74, 6) is -0.425. The number of likely N-dealkylation sites (tertiary alicyclic amines) is 1. The van der Waals surface area contributed by atoms with Gasteiger partial charge in [0, 0.05) is 44.6 Å². The monoisotopic (exact) mass is 523 g/mol. The number of carbonyl (C=O) groups excluding carboxylic acids is 3. The molecule has 1 aliphatic heterocycles. The molecule has 11 heteroatoms. The largest absolute Gasteiger partial charge is 0.373 e. The van der Waals surface area contributed by atoms with Crippen molar-refractivity contribution in [2.24, 2.45) is 13.0 Å². The molecule has 0 radical (unpaired) electrons. The van der Waals surface area contributed by atoms with E-state index in [9.17, 15) is 14.4 Å². The first-order valence-electron chi connectivity index (χ1n) is 12.0. The summed E-state index contributed by atoms with van der Waals surface area (Å²) >= 11 is 6.14. The highest BCUT2D eigenvalue weighted by Crippen LogP contribution is 2.33. The molecule has 1 aliphatic rings. The van der Waals surface area contributed by atoms with Crippen LogP contribution in [-0.2, 0) is 23.1 Å². The molecule has 194 valence electrons. The number of carbonyl (C=O) groups is 3.